The average molecular weight is 214 g/mol. The Bertz CT molecular complexity index is 246. The van der Waals surface area contributed by atoms with Gasteiger partial charge in [0.15, 0.2) is 0 Å². The topological polar surface area (TPSA) is 52.6 Å². The predicted octanol–water partition coefficient (Wildman–Crippen LogP) is 1.81. The third-order valence-corrected chi connectivity index (χ3v) is 2.14. The highest BCUT2D eigenvalue weighted by Gasteiger charge is 2.27. The minimum absolute atomic E-state index is 0.0926. The molecule has 1 saturated carbocycles. The van der Waals surface area contributed by atoms with Crippen molar-refractivity contribution < 1.29 is 19.1 Å². The second kappa shape index (κ2) is 4.64. The molecule has 1 fully saturated rings. The molecular weight excluding hydrogens is 196 g/mol. The predicted molar refractivity (Wildman–Crippen MR) is 54.2 cm³/mol. The molecule has 0 bridgehead atoms. The number of carbonyl (C=O) groups is 2. The van der Waals surface area contributed by atoms with Crippen molar-refractivity contribution >= 4 is 11.9 Å². The largest absolute Gasteiger partial charge is 0.454 e. The highest BCUT2D eigenvalue weighted by Crippen LogP contribution is 2.21. The number of carbonyl (C=O) groups excluding carboxylic acids is 2. The molecule has 0 radical (unpaired) electrons. The van der Waals surface area contributed by atoms with E-state index in [1.807, 2.05) is 0 Å². The van der Waals surface area contributed by atoms with Crippen LogP contribution in [0.25, 0.3) is 0 Å². The highest BCUT2D eigenvalue weighted by molar-refractivity contribution is 6.29. The first-order chi connectivity index (χ1) is 6.88. The zero-order valence-corrected chi connectivity index (χ0v) is 9.54. The van der Waals surface area contributed by atoms with Crippen LogP contribution in [0.2, 0.25) is 0 Å². The lowest BCUT2D eigenvalue weighted by molar-refractivity contribution is -0.177. The number of ether oxygens (including phenoxy) is 2. The Hall–Kier alpha value is -1.06. The molecule has 1 aliphatic rings. The monoisotopic (exact) mass is 214 g/mol. The second-order valence-corrected chi connectivity index (χ2v) is 4.81. The van der Waals surface area contributed by atoms with Crippen molar-refractivity contribution in [2.24, 2.45) is 0 Å². The number of rotatable bonds is 1. The van der Waals surface area contributed by atoms with Crippen LogP contribution in [0.4, 0.5) is 0 Å². The molecule has 0 N–H and O–H groups in total. The van der Waals surface area contributed by atoms with Gasteiger partial charge in [0, 0.05) is 0 Å². The van der Waals surface area contributed by atoms with Gasteiger partial charge in [0.1, 0.15) is 11.7 Å². The maximum atomic E-state index is 11.3. The zero-order chi connectivity index (χ0) is 11.5. The molecule has 0 aromatic rings. The molecule has 0 unspecified atom stereocenters. The van der Waals surface area contributed by atoms with Crippen molar-refractivity contribution in [2.75, 3.05) is 0 Å². The van der Waals surface area contributed by atoms with Crippen LogP contribution < -0.4 is 0 Å². The van der Waals surface area contributed by atoms with Crippen molar-refractivity contribution in [1.82, 2.24) is 0 Å². The Morgan fingerprint density at radius 1 is 1.07 bits per heavy atom. The van der Waals surface area contributed by atoms with Crippen LogP contribution in [0.3, 0.4) is 0 Å². The molecule has 0 aromatic carbocycles. The Morgan fingerprint density at radius 3 is 2.07 bits per heavy atom. The minimum atomic E-state index is -0.894. The van der Waals surface area contributed by atoms with Crippen LogP contribution in [0.5, 0.6) is 0 Å². The van der Waals surface area contributed by atoms with Gasteiger partial charge in [-0.3, -0.25) is 0 Å². The maximum absolute atomic E-state index is 11.3. The Labute approximate surface area is 89.9 Å². The lowest BCUT2D eigenvalue weighted by Gasteiger charge is -2.19. The molecule has 1 aliphatic carbocycles. The van der Waals surface area contributed by atoms with Gasteiger partial charge in [-0.25, -0.2) is 9.59 Å². The first-order valence-corrected chi connectivity index (χ1v) is 5.32. The fourth-order valence-corrected chi connectivity index (χ4v) is 1.53. The van der Waals surface area contributed by atoms with Gasteiger partial charge in [0.05, 0.1) is 0 Å². The second-order valence-electron chi connectivity index (χ2n) is 4.81. The van der Waals surface area contributed by atoms with E-state index in [4.69, 9.17) is 9.47 Å². The van der Waals surface area contributed by atoms with E-state index in [0.29, 0.717) is 0 Å². The summed E-state index contributed by atoms with van der Waals surface area (Å²) in [5.74, 6) is -1.76. The van der Waals surface area contributed by atoms with Crippen LogP contribution in [-0.2, 0) is 19.1 Å². The standard InChI is InChI=1S/C11H18O4/c1-11(2,3)15-10(13)9(12)14-8-6-4-5-7-8/h8H,4-7H2,1-3H3. The van der Waals surface area contributed by atoms with Crippen molar-refractivity contribution in [1.29, 1.82) is 0 Å². The normalized spacial score (nSPS) is 17.5. The van der Waals surface area contributed by atoms with Crippen LogP contribution in [-0.4, -0.2) is 23.6 Å². The van der Waals surface area contributed by atoms with Crippen LogP contribution in [0, 0.1) is 0 Å². The van der Waals surface area contributed by atoms with Crippen LogP contribution in [0.1, 0.15) is 46.5 Å². The van der Waals surface area contributed by atoms with Crippen molar-refractivity contribution in [3.05, 3.63) is 0 Å². The van der Waals surface area contributed by atoms with Gasteiger partial charge < -0.3 is 9.47 Å². The van der Waals surface area contributed by atoms with Crippen molar-refractivity contribution in [3.63, 3.8) is 0 Å². The van der Waals surface area contributed by atoms with E-state index < -0.39 is 17.5 Å². The molecule has 15 heavy (non-hydrogen) atoms. The first-order valence-electron chi connectivity index (χ1n) is 5.32. The molecule has 0 aromatic heterocycles. The fraction of sp³-hybridized carbons (Fsp3) is 0.818. The van der Waals surface area contributed by atoms with Crippen LogP contribution >= 0.6 is 0 Å². The summed E-state index contributed by atoms with van der Waals surface area (Å²) < 4.78 is 9.90. The summed E-state index contributed by atoms with van der Waals surface area (Å²) >= 11 is 0. The third-order valence-electron chi connectivity index (χ3n) is 2.14. The molecule has 0 aliphatic heterocycles. The Morgan fingerprint density at radius 2 is 1.60 bits per heavy atom. The van der Waals surface area contributed by atoms with Gasteiger partial charge in [0.25, 0.3) is 0 Å². The third kappa shape index (κ3) is 4.32. The van der Waals surface area contributed by atoms with E-state index in [1.54, 1.807) is 20.8 Å². The van der Waals surface area contributed by atoms with Gasteiger partial charge >= 0.3 is 11.9 Å². The van der Waals surface area contributed by atoms with Crippen molar-refractivity contribution in [3.8, 4) is 0 Å². The maximum Gasteiger partial charge on any atom is 0.418 e. The molecule has 0 atom stereocenters. The zero-order valence-electron chi connectivity index (χ0n) is 9.54. The van der Waals surface area contributed by atoms with E-state index in [1.165, 1.54) is 0 Å². The molecule has 4 heteroatoms. The van der Waals surface area contributed by atoms with Crippen molar-refractivity contribution in [2.45, 2.75) is 58.2 Å². The minimum Gasteiger partial charge on any atom is -0.454 e. The van der Waals surface area contributed by atoms with Gasteiger partial charge in [-0.2, -0.15) is 0 Å². The SMILES string of the molecule is CC(C)(C)OC(=O)C(=O)OC1CCCC1. The van der Waals surface area contributed by atoms with E-state index in [2.05, 4.69) is 0 Å². The summed E-state index contributed by atoms with van der Waals surface area (Å²) in [5.41, 5.74) is -0.647. The summed E-state index contributed by atoms with van der Waals surface area (Å²) in [6.45, 7) is 5.15. The van der Waals surface area contributed by atoms with Gasteiger partial charge in [-0.15, -0.1) is 0 Å². The van der Waals surface area contributed by atoms with E-state index in [0.717, 1.165) is 25.7 Å². The molecule has 4 nitrogen and oxygen atoms in total. The fourth-order valence-electron chi connectivity index (χ4n) is 1.53. The smallest absolute Gasteiger partial charge is 0.418 e. The lowest BCUT2D eigenvalue weighted by Crippen LogP contribution is -2.31. The molecule has 86 valence electrons. The van der Waals surface area contributed by atoms with Crippen LogP contribution in [0.15, 0.2) is 0 Å². The molecule has 0 heterocycles. The van der Waals surface area contributed by atoms with Gasteiger partial charge in [-0.05, 0) is 46.5 Å². The number of hydrogen-bond acceptors (Lipinski definition) is 4. The number of esters is 2. The molecule has 0 saturated heterocycles. The summed E-state index contributed by atoms with van der Waals surface area (Å²) in [4.78, 5) is 22.5. The number of hydrogen-bond donors (Lipinski definition) is 0. The summed E-state index contributed by atoms with van der Waals surface area (Å²) in [6, 6.07) is 0. The summed E-state index contributed by atoms with van der Waals surface area (Å²) in [7, 11) is 0. The van der Waals surface area contributed by atoms with E-state index in [-0.39, 0.29) is 6.10 Å². The quantitative estimate of drug-likeness (QED) is 0.493. The average Bonchev–Trinajstić information content (AvgIpc) is 2.53. The van der Waals surface area contributed by atoms with Gasteiger partial charge in [-0.1, -0.05) is 0 Å². The Kier molecular flexibility index (Phi) is 3.72. The molecular formula is C11H18O4. The first kappa shape index (κ1) is 12.0. The molecule has 0 spiro atoms. The molecule has 1 rings (SSSR count). The van der Waals surface area contributed by atoms with Gasteiger partial charge in [0.2, 0.25) is 0 Å². The highest BCUT2D eigenvalue weighted by atomic mass is 16.6. The Balaban J connectivity index is 2.36. The summed E-state index contributed by atoms with van der Waals surface area (Å²) in [5, 5.41) is 0. The van der Waals surface area contributed by atoms with E-state index in [9.17, 15) is 9.59 Å². The lowest BCUT2D eigenvalue weighted by atomic mass is 10.2. The molecule has 0 amide bonds. The van der Waals surface area contributed by atoms with E-state index >= 15 is 0 Å². The summed E-state index contributed by atoms with van der Waals surface area (Å²) in [6.07, 6.45) is 3.74.